The lowest BCUT2D eigenvalue weighted by Gasteiger charge is -2.34. The number of benzene rings is 2. The van der Waals surface area contributed by atoms with E-state index in [9.17, 15) is 0 Å². The van der Waals surface area contributed by atoms with Crippen LogP contribution in [0.5, 0.6) is 11.5 Å². The van der Waals surface area contributed by atoms with Crippen LogP contribution >= 0.6 is 0 Å². The largest absolute Gasteiger partial charge is 0.458 e. The van der Waals surface area contributed by atoms with Crippen molar-refractivity contribution < 1.29 is 9.30 Å². The van der Waals surface area contributed by atoms with Crippen molar-refractivity contribution >= 4 is 18.4 Å². The molecule has 0 aliphatic carbocycles. The first kappa shape index (κ1) is 16.1. The van der Waals surface area contributed by atoms with E-state index < -0.39 is 8.07 Å². The maximum Gasteiger partial charge on any atom is 0.212 e. The van der Waals surface area contributed by atoms with Gasteiger partial charge in [-0.2, -0.15) is 0 Å². The first-order chi connectivity index (χ1) is 11.9. The molecule has 0 N–H and O–H groups in total. The fraction of sp³-hybridized carbons (Fsp3) is 0.227. The summed E-state index contributed by atoms with van der Waals surface area (Å²) in [5, 5.41) is 2.79. The molecule has 0 amide bonds. The molecule has 0 radical (unpaired) electrons. The van der Waals surface area contributed by atoms with Gasteiger partial charge in [-0.15, -0.1) is 0 Å². The van der Waals surface area contributed by atoms with Gasteiger partial charge >= 0.3 is 0 Å². The Bertz CT molecular complexity index is 991. The van der Waals surface area contributed by atoms with Crippen LogP contribution in [0.4, 0.5) is 0 Å². The van der Waals surface area contributed by atoms with Crippen molar-refractivity contribution in [3.05, 3.63) is 65.9 Å². The van der Waals surface area contributed by atoms with E-state index in [4.69, 9.17) is 4.74 Å². The molecule has 0 atom stereocenters. The molecule has 0 spiro atoms. The number of fused-ring (bicyclic) bond motifs is 2. The Morgan fingerprint density at radius 2 is 1.64 bits per heavy atom. The molecule has 2 aromatic carbocycles. The summed E-state index contributed by atoms with van der Waals surface area (Å²) in [4.78, 5) is 0. The minimum absolute atomic E-state index is 1.02. The summed E-state index contributed by atoms with van der Waals surface area (Å²) in [7, 11) is 0.267. The SMILES string of the molecule is Cc1ccc(-c2c(C)ccc3c2[Si](C)(C)c2ccccc2O3)[n+](C)c1. The first-order valence-corrected chi connectivity index (χ1v) is 11.8. The molecular formula is C22H24NOSi+. The molecule has 2 nitrogen and oxygen atoms in total. The Morgan fingerprint density at radius 1 is 0.880 bits per heavy atom. The van der Waals surface area contributed by atoms with E-state index in [2.05, 4.69) is 93.3 Å². The van der Waals surface area contributed by atoms with E-state index >= 15 is 0 Å². The third-order valence-electron chi connectivity index (χ3n) is 5.32. The highest BCUT2D eigenvalue weighted by Gasteiger charge is 2.40. The fourth-order valence-corrected chi connectivity index (χ4v) is 7.29. The monoisotopic (exact) mass is 346 g/mol. The van der Waals surface area contributed by atoms with Crippen molar-refractivity contribution in [2.24, 2.45) is 7.05 Å². The number of rotatable bonds is 1. The summed E-state index contributed by atoms with van der Waals surface area (Å²) in [6.07, 6.45) is 2.19. The Hall–Kier alpha value is -2.39. The van der Waals surface area contributed by atoms with Gasteiger partial charge in [-0.1, -0.05) is 37.4 Å². The molecule has 2 heterocycles. The summed E-state index contributed by atoms with van der Waals surface area (Å²) < 4.78 is 8.56. The van der Waals surface area contributed by atoms with Crippen LogP contribution in [0.2, 0.25) is 13.1 Å². The Morgan fingerprint density at radius 3 is 2.40 bits per heavy atom. The number of hydrogen-bond acceptors (Lipinski definition) is 1. The minimum Gasteiger partial charge on any atom is -0.458 e. The molecule has 3 heteroatoms. The third kappa shape index (κ3) is 2.42. The van der Waals surface area contributed by atoms with Crippen LogP contribution in [0.15, 0.2) is 54.7 Å². The highest BCUT2D eigenvalue weighted by atomic mass is 28.3. The van der Waals surface area contributed by atoms with Gasteiger partial charge < -0.3 is 4.74 Å². The molecule has 0 saturated carbocycles. The lowest BCUT2D eigenvalue weighted by Crippen LogP contribution is -2.57. The predicted molar refractivity (Wildman–Crippen MR) is 106 cm³/mol. The maximum absolute atomic E-state index is 6.32. The van der Waals surface area contributed by atoms with E-state index in [1.807, 2.05) is 0 Å². The van der Waals surface area contributed by atoms with Gasteiger partial charge in [-0.25, -0.2) is 4.57 Å². The summed E-state index contributed by atoms with van der Waals surface area (Å²) in [6, 6.07) is 17.3. The van der Waals surface area contributed by atoms with Gasteiger partial charge in [0.25, 0.3) is 0 Å². The van der Waals surface area contributed by atoms with Crippen LogP contribution < -0.4 is 19.7 Å². The number of ether oxygens (including phenoxy) is 1. The average molecular weight is 347 g/mol. The van der Waals surface area contributed by atoms with Crippen molar-refractivity contribution in [1.82, 2.24) is 0 Å². The molecule has 1 aromatic heterocycles. The molecule has 0 bridgehead atoms. The van der Waals surface area contributed by atoms with E-state index in [0.717, 1.165) is 11.5 Å². The van der Waals surface area contributed by atoms with Crippen molar-refractivity contribution in [3.8, 4) is 22.8 Å². The number of hydrogen-bond donors (Lipinski definition) is 0. The molecule has 0 unspecified atom stereocenters. The minimum atomic E-state index is -1.87. The molecular weight excluding hydrogens is 322 g/mol. The van der Waals surface area contributed by atoms with Crippen molar-refractivity contribution in [2.45, 2.75) is 26.9 Å². The van der Waals surface area contributed by atoms with Gasteiger partial charge in [0.15, 0.2) is 6.20 Å². The molecule has 126 valence electrons. The quantitative estimate of drug-likeness (QED) is 0.483. The predicted octanol–water partition coefficient (Wildman–Crippen LogP) is 3.72. The van der Waals surface area contributed by atoms with Gasteiger partial charge in [-0.05, 0) is 42.8 Å². The van der Waals surface area contributed by atoms with Crippen LogP contribution in [0.25, 0.3) is 11.3 Å². The maximum atomic E-state index is 6.32. The second kappa shape index (κ2) is 5.56. The number of nitrogens with zero attached hydrogens (tertiary/aromatic N) is 1. The second-order valence-electron chi connectivity index (χ2n) is 7.56. The van der Waals surface area contributed by atoms with Crippen LogP contribution in [0.3, 0.4) is 0 Å². The number of pyridine rings is 1. The molecule has 0 fully saturated rings. The highest BCUT2D eigenvalue weighted by molar-refractivity contribution is 7.02. The second-order valence-corrected chi connectivity index (χ2v) is 11.8. The van der Waals surface area contributed by atoms with E-state index in [1.54, 1.807) is 0 Å². The van der Waals surface area contributed by atoms with E-state index in [1.165, 1.54) is 32.8 Å². The fourth-order valence-electron chi connectivity index (χ4n) is 4.05. The van der Waals surface area contributed by atoms with Crippen molar-refractivity contribution in [3.63, 3.8) is 0 Å². The van der Waals surface area contributed by atoms with Gasteiger partial charge in [0.05, 0.1) is 5.56 Å². The van der Waals surface area contributed by atoms with Crippen LogP contribution in [0, 0.1) is 13.8 Å². The molecule has 25 heavy (non-hydrogen) atoms. The summed E-state index contributed by atoms with van der Waals surface area (Å²) in [6.45, 7) is 9.21. The first-order valence-electron chi connectivity index (χ1n) is 8.77. The zero-order valence-corrected chi connectivity index (χ0v) is 16.6. The normalized spacial score (nSPS) is 14.4. The number of aryl methyl sites for hydroxylation is 3. The summed E-state index contributed by atoms with van der Waals surface area (Å²) in [5.41, 5.74) is 5.17. The number of para-hydroxylation sites is 1. The summed E-state index contributed by atoms with van der Waals surface area (Å²) in [5.74, 6) is 2.05. The van der Waals surface area contributed by atoms with Crippen molar-refractivity contribution in [1.29, 1.82) is 0 Å². The topological polar surface area (TPSA) is 13.1 Å². The highest BCUT2D eigenvalue weighted by Crippen LogP contribution is 2.34. The molecule has 4 rings (SSSR count). The summed E-state index contributed by atoms with van der Waals surface area (Å²) >= 11 is 0. The molecule has 1 aliphatic heterocycles. The molecule has 1 aliphatic rings. The number of aromatic nitrogens is 1. The van der Waals surface area contributed by atoms with Crippen molar-refractivity contribution in [2.75, 3.05) is 0 Å². The lowest BCUT2D eigenvalue weighted by molar-refractivity contribution is -0.660. The standard InChI is InChI=1S/C22H24NOSi/c1-15-10-12-17(23(3)14-15)21-16(2)11-13-19-22(21)25(4,5)20-9-7-6-8-18(20)24-19/h6-14H,1-5H3/q+1. The van der Waals surface area contributed by atoms with Crippen LogP contribution in [-0.4, -0.2) is 8.07 Å². The smallest absolute Gasteiger partial charge is 0.212 e. The van der Waals surface area contributed by atoms with Gasteiger partial charge in [0.1, 0.15) is 26.6 Å². The lowest BCUT2D eigenvalue weighted by atomic mass is 10.0. The Balaban J connectivity index is 2.04. The van der Waals surface area contributed by atoms with Gasteiger partial charge in [0, 0.05) is 16.8 Å². The van der Waals surface area contributed by atoms with E-state index in [-0.39, 0.29) is 0 Å². The van der Waals surface area contributed by atoms with E-state index in [0.29, 0.717) is 0 Å². The van der Waals surface area contributed by atoms with Crippen LogP contribution in [-0.2, 0) is 7.05 Å². The zero-order chi connectivity index (χ0) is 17.8. The zero-order valence-electron chi connectivity index (χ0n) is 15.6. The van der Waals surface area contributed by atoms with Gasteiger partial charge in [-0.3, -0.25) is 0 Å². The molecule has 3 aromatic rings. The third-order valence-corrected chi connectivity index (χ3v) is 8.82. The average Bonchev–Trinajstić information content (AvgIpc) is 2.56. The molecule has 0 saturated heterocycles. The Labute approximate surface area is 150 Å². The van der Waals surface area contributed by atoms with Crippen LogP contribution in [0.1, 0.15) is 11.1 Å². The van der Waals surface area contributed by atoms with Gasteiger partial charge in [0.2, 0.25) is 5.69 Å². The Kier molecular flexibility index (Phi) is 3.58.